The first-order valence-electron chi connectivity index (χ1n) is 7.70. The molecule has 0 aliphatic carbocycles. The van der Waals surface area contributed by atoms with Crippen molar-refractivity contribution in [2.45, 2.75) is 52.1 Å². The number of hydrogen-bond donors (Lipinski definition) is 1. The number of likely N-dealkylation sites (N-methyl/N-ethyl adjacent to an activating group) is 3. The zero-order valence-corrected chi connectivity index (χ0v) is 13.1. The van der Waals surface area contributed by atoms with Crippen LogP contribution in [0.5, 0.6) is 0 Å². The van der Waals surface area contributed by atoms with Crippen LogP contribution in [0.15, 0.2) is 0 Å². The van der Waals surface area contributed by atoms with Gasteiger partial charge in [0.05, 0.1) is 0 Å². The molecule has 3 atom stereocenters. The minimum Gasteiger partial charge on any atom is -0.313 e. The third kappa shape index (κ3) is 4.87. The van der Waals surface area contributed by atoms with E-state index in [4.69, 9.17) is 0 Å². The van der Waals surface area contributed by atoms with Crippen LogP contribution in [0.25, 0.3) is 0 Å². The summed E-state index contributed by atoms with van der Waals surface area (Å²) in [6, 6.07) is 1.41. The SMILES string of the molecule is CCNC(CN(C)CC1CCCN1C)C(C)CC. The first-order chi connectivity index (χ1) is 8.58. The molecule has 1 aliphatic heterocycles. The van der Waals surface area contributed by atoms with E-state index in [1.54, 1.807) is 0 Å². The Morgan fingerprint density at radius 3 is 2.61 bits per heavy atom. The third-order valence-corrected chi connectivity index (χ3v) is 4.50. The third-order valence-electron chi connectivity index (χ3n) is 4.50. The largest absolute Gasteiger partial charge is 0.313 e. The van der Waals surface area contributed by atoms with Gasteiger partial charge in [-0.05, 0) is 45.9 Å². The zero-order valence-electron chi connectivity index (χ0n) is 13.1. The fraction of sp³-hybridized carbons (Fsp3) is 1.00. The van der Waals surface area contributed by atoms with Crippen LogP contribution < -0.4 is 5.32 Å². The van der Waals surface area contributed by atoms with Crippen LogP contribution in [0, 0.1) is 5.92 Å². The van der Waals surface area contributed by atoms with E-state index in [9.17, 15) is 0 Å². The molecule has 1 aliphatic rings. The summed E-state index contributed by atoms with van der Waals surface area (Å²) in [4.78, 5) is 5.04. The van der Waals surface area contributed by atoms with Crippen molar-refractivity contribution >= 4 is 0 Å². The van der Waals surface area contributed by atoms with Gasteiger partial charge in [0.2, 0.25) is 0 Å². The van der Waals surface area contributed by atoms with Gasteiger partial charge in [0.25, 0.3) is 0 Å². The quantitative estimate of drug-likeness (QED) is 0.716. The van der Waals surface area contributed by atoms with E-state index in [1.165, 1.54) is 38.9 Å². The number of nitrogens with zero attached hydrogens (tertiary/aromatic N) is 2. The minimum absolute atomic E-state index is 0.636. The highest BCUT2D eigenvalue weighted by Crippen LogP contribution is 2.16. The molecule has 0 radical (unpaired) electrons. The van der Waals surface area contributed by atoms with E-state index in [-0.39, 0.29) is 0 Å². The molecule has 0 bridgehead atoms. The van der Waals surface area contributed by atoms with Gasteiger partial charge in [-0.3, -0.25) is 0 Å². The normalized spacial score (nSPS) is 24.7. The molecule has 0 amide bonds. The predicted molar refractivity (Wildman–Crippen MR) is 80.1 cm³/mol. The van der Waals surface area contributed by atoms with Crippen LogP contribution in [0.4, 0.5) is 0 Å². The molecule has 0 aromatic rings. The Morgan fingerprint density at radius 2 is 2.11 bits per heavy atom. The lowest BCUT2D eigenvalue weighted by Gasteiger charge is -2.31. The molecule has 0 saturated carbocycles. The van der Waals surface area contributed by atoms with Gasteiger partial charge in [0, 0.05) is 25.2 Å². The standard InChI is InChI=1S/C15H33N3/c1-6-13(3)15(16-7-2)12-17(4)11-14-9-8-10-18(14)5/h13-16H,6-12H2,1-5H3. The summed E-state index contributed by atoms with van der Waals surface area (Å²) in [5.74, 6) is 0.758. The van der Waals surface area contributed by atoms with Crippen LogP contribution in [0.1, 0.15) is 40.0 Å². The Morgan fingerprint density at radius 1 is 1.39 bits per heavy atom. The maximum atomic E-state index is 3.65. The Hall–Kier alpha value is -0.120. The minimum atomic E-state index is 0.636. The van der Waals surface area contributed by atoms with Gasteiger partial charge >= 0.3 is 0 Å². The maximum absolute atomic E-state index is 3.65. The molecule has 108 valence electrons. The highest BCUT2D eigenvalue weighted by Gasteiger charge is 2.24. The summed E-state index contributed by atoms with van der Waals surface area (Å²) in [6.07, 6.45) is 4.00. The number of rotatable bonds is 8. The highest BCUT2D eigenvalue weighted by molar-refractivity contribution is 4.81. The van der Waals surface area contributed by atoms with Gasteiger partial charge in [0.15, 0.2) is 0 Å². The summed E-state index contributed by atoms with van der Waals surface area (Å²) < 4.78 is 0. The highest BCUT2D eigenvalue weighted by atomic mass is 15.2. The van der Waals surface area contributed by atoms with Crippen LogP contribution in [0.3, 0.4) is 0 Å². The summed E-state index contributed by atoms with van der Waals surface area (Å²) in [5.41, 5.74) is 0. The lowest BCUT2D eigenvalue weighted by molar-refractivity contribution is 0.190. The first kappa shape index (κ1) is 15.9. The molecule has 0 spiro atoms. The average Bonchev–Trinajstić information content (AvgIpc) is 2.73. The van der Waals surface area contributed by atoms with Gasteiger partial charge in [0.1, 0.15) is 0 Å². The lowest BCUT2D eigenvalue weighted by atomic mass is 9.98. The van der Waals surface area contributed by atoms with E-state index in [0.717, 1.165) is 18.5 Å². The van der Waals surface area contributed by atoms with Crippen molar-refractivity contribution in [1.82, 2.24) is 15.1 Å². The number of likely N-dealkylation sites (tertiary alicyclic amines) is 1. The fourth-order valence-corrected chi connectivity index (χ4v) is 2.97. The van der Waals surface area contributed by atoms with Gasteiger partial charge in [-0.25, -0.2) is 0 Å². The fourth-order valence-electron chi connectivity index (χ4n) is 2.97. The van der Waals surface area contributed by atoms with Crippen LogP contribution in [-0.4, -0.2) is 62.2 Å². The van der Waals surface area contributed by atoms with Crippen molar-refractivity contribution in [2.75, 3.05) is 40.3 Å². The molecule has 3 unspecified atom stereocenters. The second-order valence-corrected chi connectivity index (χ2v) is 6.05. The van der Waals surface area contributed by atoms with E-state index in [1.807, 2.05) is 0 Å². The second-order valence-electron chi connectivity index (χ2n) is 6.05. The van der Waals surface area contributed by atoms with E-state index in [0.29, 0.717) is 6.04 Å². The van der Waals surface area contributed by atoms with Gasteiger partial charge in [-0.1, -0.05) is 27.2 Å². The Labute approximate surface area is 114 Å². The van der Waals surface area contributed by atoms with Crippen molar-refractivity contribution in [3.63, 3.8) is 0 Å². The van der Waals surface area contributed by atoms with Crippen molar-refractivity contribution < 1.29 is 0 Å². The molecule has 1 N–H and O–H groups in total. The molecule has 3 nitrogen and oxygen atoms in total. The number of nitrogens with one attached hydrogen (secondary N) is 1. The van der Waals surface area contributed by atoms with E-state index >= 15 is 0 Å². The average molecular weight is 255 g/mol. The van der Waals surface area contributed by atoms with E-state index in [2.05, 4.69) is 50.0 Å². The summed E-state index contributed by atoms with van der Waals surface area (Å²) >= 11 is 0. The predicted octanol–water partition coefficient (Wildman–Crippen LogP) is 2.04. The summed E-state index contributed by atoms with van der Waals surface area (Å²) in [7, 11) is 4.54. The van der Waals surface area contributed by atoms with Crippen molar-refractivity contribution in [2.24, 2.45) is 5.92 Å². The monoisotopic (exact) mass is 255 g/mol. The van der Waals surface area contributed by atoms with Crippen LogP contribution in [0.2, 0.25) is 0 Å². The molecule has 1 heterocycles. The number of hydrogen-bond acceptors (Lipinski definition) is 3. The molecular weight excluding hydrogens is 222 g/mol. The van der Waals surface area contributed by atoms with Crippen molar-refractivity contribution in [1.29, 1.82) is 0 Å². The summed E-state index contributed by atoms with van der Waals surface area (Å²) in [6.45, 7) is 11.6. The summed E-state index contributed by atoms with van der Waals surface area (Å²) in [5, 5.41) is 3.65. The molecular formula is C15H33N3. The lowest BCUT2D eigenvalue weighted by Crippen LogP contribution is -2.46. The topological polar surface area (TPSA) is 18.5 Å². The van der Waals surface area contributed by atoms with Gasteiger partial charge in [-0.15, -0.1) is 0 Å². The smallest absolute Gasteiger partial charge is 0.0220 e. The molecule has 1 rings (SSSR count). The zero-order chi connectivity index (χ0) is 13.5. The maximum Gasteiger partial charge on any atom is 0.0220 e. The van der Waals surface area contributed by atoms with Crippen LogP contribution >= 0.6 is 0 Å². The first-order valence-corrected chi connectivity index (χ1v) is 7.70. The van der Waals surface area contributed by atoms with Crippen molar-refractivity contribution in [3.8, 4) is 0 Å². The molecule has 0 aromatic carbocycles. The van der Waals surface area contributed by atoms with E-state index < -0.39 is 0 Å². The van der Waals surface area contributed by atoms with Gasteiger partial charge < -0.3 is 15.1 Å². The molecule has 3 heteroatoms. The van der Waals surface area contributed by atoms with Crippen LogP contribution in [-0.2, 0) is 0 Å². The molecule has 1 saturated heterocycles. The second kappa shape index (κ2) is 8.13. The Kier molecular flexibility index (Phi) is 7.20. The molecule has 0 aromatic heterocycles. The molecule has 18 heavy (non-hydrogen) atoms. The van der Waals surface area contributed by atoms with Crippen molar-refractivity contribution in [3.05, 3.63) is 0 Å². The Bertz CT molecular complexity index is 220. The van der Waals surface area contributed by atoms with Gasteiger partial charge in [-0.2, -0.15) is 0 Å². The molecule has 1 fully saturated rings. The Balaban J connectivity index is 2.37.